The van der Waals surface area contributed by atoms with Gasteiger partial charge in [-0.15, -0.1) is 0 Å². The maximum Gasteiger partial charge on any atom is 0.298 e. The molecule has 0 bridgehead atoms. The zero-order valence-corrected chi connectivity index (χ0v) is 35.1. The van der Waals surface area contributed by atoms with Crippen molar-refractivity contribution in [3.63, 3.8) is 0 Å². The van der Waals surface area contributed by atoms with Crippen LogP contribution in [0, 0.1) is 13.8 Å². The molecule has 2 heterocycles. The monoisotopic (exact) mass is 919 g/mol. The smallest absolute Gasteiger partial charge is 0.298 e. The number of benzene rings is 4. The van der Waals surface area contributed by atoms with Crippen LogP contribution in [-0.4, -0.2) is 45.0 Å². The molecule has 1 amide bonds. The van der Waals surface area contributed by atoms with Gasteiger partial charge in [-0.2, -0.15) is 0 Å². The van der Waals surface area contributed by atoms with Crippen molar-refractivity contribution in [1.29, 1.82) is 0 Å². The van der Waals surface area contributed by atoms with Crippen LogP contribution in [0.25, 0.3) is 21.8 Å². The van der Waals surface area contributed by atoms with E-state index in [1.807, 2.05) is 19.1 Å². The van der Waals surface area contributed by atoms with Crippen molar-refractivity contribution in [2.75, 3.05) is 18.5 Å². The Labute approximate surface area is 342 Å². The molecule has 5 N–H and O–H groups in total. The molecule has 18 heteroatoms. The minimum Gasteiger partial charge on any atom is -0.427 e. The van der Waals surface area contributed by atoms with Gasteiger partial charge in [0.25, 0.3) is 24.1 Å². The number of aromatic nitrogens is 4. The normalized spacial score (nSPS) is 9.78. The van der Waals surface area contributed by atoms with E-state index in [1.165, 1.54) is 23.6 Å². The average molecular weight is 922 g/mol. The van der Waals surface area contributed by atoms with Crippen molar-refractivity contribution >= 4 is 107 Å². The molecule has 0 atom stereocenters. The summed E-state index contributed by atoms with van der Waals surface area (Å²) in [6, 6.07) is 20.3. The number of rotatable bonds is 4. The minimum absolute atomic E-state index is 0.000000000000000222. The van der Waals surface area contributed by atoms with Gasteiger partial charge < -0.3 is 26.3 Å². The number of nitrogens with one attached hydrogen (secondary N) is 1. The second-order valence-corrected chi connectivity index (χ2v) is 13.7. The van der Waals surface area contributed by atoms with E-state index < -0.39 is 0 Å². The van der Waals surface area contributed by atoms with Gasteiger partial charge in [-0.25, -0.2) is 9.97 Å². The Hall–Kier alpha value is -5.29. The van der Waals surface area contributed by atoms with Gasteiger partial charge in [0.05, 0.1) is 33.2 Å². The van der Waals surface area contributed by atoms with E-state index in [1.54, 1.807) is 81.2 Å². The number of aryl methyl sites for hydroxylation is 2. The second kappa shape index (κ2) is 22.2. The van der Waals surface area contributed by atoms with Crippen LogP contribution in [-0.2, 0) is 28.5 Å². The number of carbonyl (C=O) groups excluding carboxylic acids is 3. The van der Waals surface area contributed by atoms with Crippen molar-refractivity contribution < 1.29 is 23.9 Å². The molecule has 55 heavy (non-hydrogen) atoms. The number of nitrogens with zero attached hydrogens (tertiary/aromatic N) is 4. The molecular formula is C37H37Br2Cl2N7O7. The van der Waals surface area contributed by atoms with Crippen molar-refractivity contribution in [3.8, 4) is 11.5 Å². The van der Waals surface area contributed by atoms with Crippen LogP contribution in [0.1, 0.15) is 18.6 Å². The molecule has 4 aromatic carbocycles. The summed E-state index contributed by atoms with van der Waals surface area (Å²) in [5.74, 6) is 2.11. The molecule has 0 fully saturated rings. The molecule has 0 unspecified atom stereocenters. The average Bonchev–Trinajstić information content (AvgIpc) is 3.13. The largest absolute Gasteiger partial charge is 0.427 e. The first kappa shape index (κ1) is 45.9. The summed E-state index contributed by atoms with van der Waals surface area (Å²) >= 11 is 18.0. The van der Waals surface area contributed by atoms with Gasteiger partial charge in [-0.1, -0.05) is 55.1 Å². The van der Waals surface area contributed by atoms with E-state index in [4.69, 9.17) is 34.7 Å². The number of fused-ring (bicyclic) bond motifs is 2. The summed E-state index contributed by atoms with van der Waals surface area (Å²) in [6.45, 7) is 5.75. The van der Waals surface area contributed by atoms with E-state index >= 15 is 0 Å². The van der Waals surface area contributed by atoms with Crippen molar-refractivity contribution in [3.05, 3.63) is 124 Å². The summed E-state index contributed by atoms with van der Waals surface area (Å²) in [7, 11) is 5.03. The third-order valence-electron chi connectivity index (χ3n) is 7.17. The molecule has 0 saturated heterocycles. The zero-order chi connectivity index (χ0) is 41.4. The van der Waals surface area contributed by atoms with E-state index in [0.717, 1.165) is 20.3 Å². The number of hydrogen-bond donors (Lipinski definition) is 3. The highest BCUT2D eigenvalue weighted by molar-refractivity contribution is 9.10. The standard InChI is InChI=1S/C10H9BrN2O.C10H9ClN2O.C7H6BrNO2.C7H6ClNO2.C3H7NO/c2*1-6-12-9-5-7(11)3-4-8(9)10(14)13(6)2;2*8-5-1-2-7(11-4-10)6(9)3-5;1-3(5)4-2/h2*3-5H,1-2H3;2*1-4H,9H2;1-2H3,(H,4,5). The summed E-state index contributed by atoms with van der Waals surface area (Å²) in [6.07, 6.45) is 0. The van der Waals surface area contributed by atoms with E-state index in [9.17, 15) is 24.0 Å². The lowest BCUT2D eigenvalue weighted by molar-refractivity contribution is -0.121. The lowest BCUT2D eigenvalue weighted by Gasteiger charge is -2.04. The first-order valence-corrected chi connectivity index (χ1v) is 18.0. The summed E-state index contributed by atoms with van der Waals surface area (Å²) in [5, 5.41) is 4.75. The SMILES string of the molecule is CNC(C)=O.Cc1nc2cc(Br)ccc2c(=O)n1C.Cc1nc2cc(Cl)ccc2c(=O)n1C.Nc1cc(Br)ccc1OC=O.Nc1cc(Cl)ccc1OC=O. The van der Waals surface area contributed by atoms with E-state index in [0.29, 0.717) is 68.0 Å². The van der Waals surface area contributed by atoms with Crippen molar-refractivity contribution in [1.82, 2.24) is 24.4 Å². The Morgan fingerprint density at radius 3 is 1.55 bits per heavy atom. The van der Waals surface area contributed by atoms with Crippen LogP contribution < -0.4 is 37.4 Å². The lowest BCUT2D eigenvalue weighted by Crippen LogP contribution is -2.20. The highest BCUT2D eigenvalue weighted by atomic mass is 79.9. The number of nitrogens with two attached hydrogens (primary N) is 2. The van der Waals surface area contributed by atoms with Gasteiger partial charge in [0, 0.05) is 47.1 Å². The summed E-state index contributed by atoms with van der Waals surface area (Å²) in [4.78, 5) is 61.6. The molecular weight excluding hydrogens is 885 g/mol. The molecule has 14 nitrogen and oxygen atoms in total. The molecule has 0 aliphatic rings. The number of anilines is 2. The fourth-order valence-electron chi connectivity index (χ4n) is 4.07. The van der Waals surface area contributed by atoms with Crippen LogP contribution in [0.15, 0.2) is 91.3 Å². The number of amides is 1. The van der Waals surface area contributed by atoms with Gasteiger partial charge >= 0.3 is 0 Å². The number of halogens is 4. The maximum atomic E-state index is 11.8. The molecule has 0 aliphatic carbocycles. The molecule has 0 aliphatic heterocycles. The molecule has 2 aromatic heterocycles. The minimum atomic E-state index is -0.0378. The number of ether oxygens (including phenoxy) is 2. The van der Waals surface area contributed by atoms with Crippen LogP contribution in [0.4, 0.5) is 11.4 Å². The summed E-state index contributed by atoms with van der Waals surface area (Å²) < 4.78 is 14.0. The molecule has 6 rings (SSSR count). The molecule has 290 valence electrons. The fourth-order valence-corrected chi connectivity index (χ4v) is 5.14. The lowest BCUT2D eigenvalue weighted by atomic mass is 10.2. The first-order valence-electron chi connectivity index (χ1n) is 15.7. The van der Waals surface area contributed by atoms with Crippen LogP contribution in [0.2, 0.25) is 10.0 Å². The maximum absolute atomic E-state index is 11.8. The fraction of sp³-hybridized carbons (Fsp3) is 0.162. The highest BCUT2D eigenvalue weighted by Gasteiger charge is 2.06. The quantitative estimate of drug-likeness (QED) is 0.126. The number of nitrogen functional groups attached to an aromatic ring is 2. The molecule has 0 radical (unpaired) electrons. The summed E-state index contributed by atoms with van der Waals surface area (Å²) in [5.41, 5.74) is 13.1. The van der Waals surface area contributed by atoms with Crippen LogP contribution in [0.3, 0.4) is 0 Å². The predicted octanol–water partition coefficient (Wildman–Crippen LogP) is 6.68. The number of carbonyl (C=O) groups is 3. The zero-order valence-electron chi connectivity index (χ0n) is 30.4. The Bertz CT molecular complexity index is 2270. The van der Waals surface area contributed by atoms with Crippen molar-refractivity contribution in [2.45, 2.75) is 20.8 Å². The van der Waals surface area contributed by atoms with Gasteiger partial charge in [-0.3, -0.25) is 33.1 Å². The van der Waals surface area contributed by atoms with Gasteiger partial charge in [0.1, 0.15) is 11.6 Å². The molecule has 6 aromatic rings. The van der Waals surface area contributed by atoms with Crippen molar-refractivity contribution in [2.24, 2.45) is 14.1 Å². The van der Waals surface area contributed by atoms with Crippen LogP contribution >= 0.6 is 55.1 Å². The van der Waals surface area contributed by atoms with Gasteiger partial charge in [0.2, 0.25) is 5.91 Å². The predicted molar refractivity (Wildman–Crippen MR) is 224 cm³/mol. The Balaban J connectivity index is 0.000000245. The highest BCUT2D eigenvalue weighted by Crippen LogP contribution is 2.25. The Morgan fingerprint density at radius 2 is 1.09 bits per heavy atom. The topological polar surface area (TPSA) is 204 Å². The van der Waals surface area contributed by atoms with Gasteiger partial charge in [-0.05, 0) is 86.6 Å². The first-order chi connectivity index (χ1) is 25.9. The molecule has 0 saturated carbocycles. The van der Waals surface area contributed by atoms with E-state index in [-0.39, 0.29) is 17.0 Å². The third kappa shape index (κ3) is 14.1. The molecule has 0 spiro atoms. The van der Waals surface area contributed by atoms with Gasteiger partial charge in [0.15, 0.2) is 11.5 Å². The number of hydrogen-bond acceptors (Lipinski definition) is 11. The Morgan fingerprint density at radius 1 is 0.709 bits per heavy atom. The third-order valence-corrected chi connectivity index (χ3v) is 8.63. The second-order valence-electron chi connectivity index (χ2n) is 11.0. The van der Waals surface area contributed by atoms with E-state index in [2.05, 4.69) is 56.6 Å². The van der Waals surface area contributed by atoms with Crippen LogP contribution in [0.5, 0.6) is 11.5 Å². The Kier molecular flexibility index (Phi) is 18.5.